The van der Waals surface area contributed by atoms with Crippen LogP contribution >= 0.6 is 0 Å². The lowest BCUT2D eigenvalue weighted by Gasteiger charge is -2.15. The number of hydrogen-bond acceptors (Lipinski definition) is 6. The summed E-state index contributed by atoms with van der Waals surface area (Å²) in [5.74, 6) is 0.551. The zero-order valence-electron chi connectivity index (χ0n) is 14.4. The number of hydrogen-bond donors (Lipinski definition) is 3. The Bertz CT molecular complexity index is 1130. The Morgan fingerprint density at radius 2 is 2.23 bits per heavy atom. The highest BCUT2D eigenvalue weighted by atomic mass is 19.1. The number of alkyl halides is 1. The lowest BCUT2D eigenvalue weighted by molar-refractivity contribution is 0.440. The Balaban J connectivity index is 2.10. The first kappa shape index (κ1) is 17.5. The van der Waals surface area contributed by atoms with E-state index >= 15 is 0 Å². The highest BCUT2D eigenvalue weighted by molar-refractivity contribution is 5.82. The topological polar surface area (TPSA) is 112 Å². The van der Waals surface area contributed by atoms with Crippen LogP contribution in [0.3, 0.4) is 0 Å². The molecule has 0 amide bonds. The number of aromatic nitrogens is 6. The Morgan fingerprint density at radius 1 is 1.42 bits per heavy atom. The molecule has 0 spiro atoms. The third kappa shape index (κ3) is 3.10. The fourth-order valence-corrected chi connectivity index (χ4v) is 2.59. The molecule has 0 saturated carbocycles. The number of nitrogens with one attached hydrogen (secondary N) is 3. The van der Waals surface area contributed by atoms with Crippen LogP contribution in [0.5, 0.6) is 0 Å². The Kier molecular flexibility index (Phi) is 4.87. The molecule has 3 aromatic heterocycles. The molecule has 3 heterocycles. The molecular weight excluding hydrogens is 337 g/mol. The molecule has 26 heavy (non-hydrogen) atoms. The summed E-state index contributed by atoms with van der Waals surface area (Å²) in [5.41, 5.74) is 1.34. The molecule has 1 atom stereocenters. The minimum absolute atomic E-state index is 0.178. The van der Waals surface area contributed by atoms with Gasteiger partial charge in [-0.3, -0.25) is 4.79 Å². The lowest BCUT2D eigenvalue weighted by Crippen LogP contribution is -2.46. The molecule has 0 aliphatic rings. The van der Waals surface area contributed by atoms with Gasteiger partial charge >= 0.3 is 0 Å². The summed E-state index contributed by atoms with van der Waals surface area (Å²) in [6.45, 7) is 6.42. The maximum Gasteiger partial charge on any atom is 0.259 e. The van der Waals surface area contributed by atoms with E-state index in [2.05, 4.69) is 41.8 Å². The summed E-state index contributed by atoms with van der Waals surface area (Å²) < 4.78 is 13.7. The SMILES string of the molecule is C=C/C(C)=c1/c(=O)[nH]c(C(CF)Nc2ncnc3nc[nH]c23)n/c1=C/C. The molecule has 3 aromatic rings. The van der Waals surface area contributed by atoms with E-state index in [-0.39, 0.29) is 11.4 Å². The smallest absolute Gasteiger partial charge is 0.259 e. The second kappa shape index (κ2) is 7.26. The van der Waals surface area contributed by atoms with Crippen LogP contribution in [0.1, 0.15) is 25.7 Å². The average molecular weight is 355 g/mol. The number of aromatic amines is 2. The van der Waals surface area contributed by atoms with Crippen molar-refractivity contribution in [3.05, 3.63) is 52.1 Å². The number of allylic oxidation sites excluding steroid dienone is 1. The van der Waals surface area contributed by atoms with Crippen LogP contribution in [0.2, 0.25) is 0 Å². The second-order valence-electron chi connectivity index (χ2n) is 5.56. The molecule has 134 valence electrons. The third-order valence-corrected chi connectivity index (χ3v) is 3.96. The minimum Gasteiger partial charge on any atom is -0.356 e. The third-order valence-electron chi connectivity index (χ3n) is 3.96. The Morgan fingerprint density at radius 3 is 2.92 bits per heavy atom. The first-order valence-electron chi connectivity index (χ1n) is 7.95. The zero-order chi connectivity index (χ0) is 18.7. The molecule has 0 saturated heterocycles. The minimum atomic E-state index is -0.888. The van der Waals surface area contributed by atoms with Crippen LogP contribution in [0.4, 0.5) is 10.2 Å². The molecule has 8 nitrogen and oxygen atoms in total. The van der Waals surface area contributed by atoms with Gasteiger partial charge in [0, 0.05) is 0 Å². The zero-order valence-corrected chi connectivity index (χ0v) is 14.4. The number of rotatable bonds is 5. The van der Waals surface area contributed by atoms with Crippen LogP contribution in [0, 0.1) is 0 Å². The van der Waals surface area contributed by atoms with Crippen molar-refractivity contribution in [1.29, 1.82) is 0 Å². The second-order valence-corrected chi connectivity index (χ2v) is 5.56. The van der Waals surface area contributed by atoms with Gasteiger partial charge in [0.1, 0.15) is 30.4 Å². The number of halogens is 1. The monoisotopic (exact) mass is 355 g/mol. The molecular formula is C17H18FN7O. The molecule has 3 N–H and O–H groups in total. The van der Waals surface area contributed by atoms with Gasteiger partial charge in [-0.2, -0.15) is 0 Å². The quantitative estimate of drug-likeness (QED) is 0.622. The summed E-state index contributed by atoms with van der Waals surface area (Å²) in [5, 5.41) is 3.83. The van der Waals surface area contributed by atoms with E-state index in [0.29, 0.717) is 33.1 Å². The van der Waals surface area contributed by atoms with Crippen LogP contribution in [0.25, 0.3) is 22.8 Å². The molecule has 0 bridgehead atoms. The molecule has 3 rings (SSSR count). The van der Waals surface area contributed by atoms with Crippen molar-refractivity contribution in [1.82, 2.24) is 29.9 Å². The standard InChI is InChI=1S/C17H18FN7O/c1-4-9(3)12-10(5-2)23-14(25-17(12)26)11(6-18)24-16-13-15(20-7-19-13)21-8-22-16/h4-5,7-8,11H,1,6H2,2-3H3,(H,23,25,26)(H2,19,20,21,22,24)/b10-5+,12-9+. The van der Waals surface area contributed by atoms with Crippen LogP contribution in [0.15, 0.2) is 30.1 Å². The normalized spacial score (nSPS) is 14.3. The highest BCUT2D eigenvalue weighted by Crippen LogP contribution is 2.19. The first-order valence-corrected chi connectivity index (χ1v) is 7.95. The number of fused-ring (bicyclic) bond motifs is 1. The maximum absolute atomic E-state index is 13.7. The van der Waals surface area contributed by atoms with Crippen molar-refractivity contribution in [2.24, 2.45) is 0 Å². The predicted octanol–water partition coefficient (Wildman–Crippen LogP) is 0.716. The Hall–Kier alpha value is -3.36. The summed E-state index contributed by atoms with van der Waals surface area (Å²) in [4.78, 5) is 34.6. The predicted molar refractivity (Wildman–Crippen MR) is 97.5 cm³/mol. The van der Waals surface area contributed by atoms with Crippen molar-refractivity contribution in [3.8, 4) is 0 Å². The fraction of sp³-hybridized carbons (Fsp3) is 0.235. The molecule has 0 aliphatic carbocycles. The fourth-order valence-electron chi connectivity index (χ4n) is 2.59. The highest BCUT2D eigenvalue weighted by Gasteiger charge is 2.18. The Labute approximate surface area is 147 Å². The van der Waals surface area contributed by atoms with Crippen molar-refractivity contribution >= 4 is 28.6 Å². The van der Waals surface area contributed by atoms with Gasteiger partial charge in [0.15, 0.2) is 11.5 Å². The molecule has 1 unspecified atom stereocenters. The van der Waals surface area contributed by atoms with Gasteiger partial charge in [-0.05, 0) is 19.4 Å². The first-order chi connectivity index (χ1) is 12.6. The van der Waals surface area contributed by atoms with Gasteiger partial charge in [-0.25, -0.2) is 24.3 Å². The number of anilines is 1. The van der Waals surface area contributed by atoms with Crippen LogP contribution in [-0.4, -0.2) is 36.6 Å². The molecule has 0 aromatic carbocycles. The van der Waals surface area contributed by atoms with E-state index in [4.69, 9.17) is 0 Å². The van der Waals surface area contributed by atoms with E-state index in [1.807, 2.05) is 0 Å². The maximum atomic E-state index is 13.7. The van der Waals surface area contributed by atoms with Crippen LogP contribution < -0.4 is 21.4 Å². The van der Waals surface area contributed by atoms with Gasteiger partial charge < -0.3 is 15.3 Å². The lowest BCUT2D eigenvalue weighted by atomic mass is 10.2. The van der Waals surface area contributed by atoms with E-state index < -0.39 is 12.7 Å². The van der Waals surface area contributed by atoms with Gasteiger partial charge in [0.2, 0.25) is 0 Å². The average Bonchev–Trinajstić information content (AvgIpc) is 3.14. The number of nitrogens with zero attached hydrogens (tertiary/aromatic N) is 4. The van der Waals surface area contributed by atoms with Crippen molar-refractivity contribution < 1.29 is 4.39 Å². The van der Waals surface area contributed by atoms with Gasteiger partial charge in [-0.15, -0.1) is 0 Å². The molecule has 0 fully saturated rings. The largest absolute Gasteiger partial charge is 0.356 e. The molecule has 9 heteroatoms. The van der Waals surface area contributed by atoms with Crippen LogP contribution in [-0.2, 0) is 0 Å². The summed E-state index contributed by atoms with van der Waals surface area (Å²) in [6.07, 6.45) is 6.09. The van der Waals surface area contributed by atoms with Crippen molar-refractivity contribution in [2.75, 3.05) is 12.0 Å². The summed E-state index contributed by atoms with van der Waals surface area (Å²) in [7, 11) is 0. The van der Waals surface area contributed by atoms with Gasteiger partial charge in [0.05, 0.1) is 16.9 Å². The number of H-pyrrole nitrogens is 2. The molecule has 0 aliphatic heterocycles. The van der Waals surface area contributed by atoms with Gasteiger partial charge in [0.25, 0.3) is 5.56 Å². The van der Waals surface area contributed by atoms with E-state index in [0.717, 1.165) is 0 Å². The van der Waals surface area contributed by atoms with Gasteiger partial charge in [-0.1, -0.05) is 18.7 Å². The van der Waals surface area contributed by atoms with Crippen molar-refractivity contribution in [3.63, 3.8) is 0 Å². The van der Waals surface area contributed by atoms with E-state index in [1.165, 1.54) is 12.7 Å². The van der Waals surface area contributed by atoms with Crippen molar-refractivity contribution in [2.45, 2.75) is 19.9 Å². The summed E-state index contributed by atoms with van der Waals surface area (Å²) in [6, 6.07) is -0.888. The molecule has 0 radical (unpaired) electrons. The van der Waals surface area contributed by atoms with E-state index in [1.54, 1.807) is 26.0 Å². The summed E-state index contributed by atoms with van der Waals surface area (Å²) >= 11 is 0. The number of imidazole rings is 1. The van der Waals surface area contributed by atoms with E-state index in [9.17, 15) is 9.18 Å².